The Morgan fingerprint density at radius 3 is 2.76 bits per heavy atom. The molecule has 0 aliphatic heterocycles. The Kier molecular flexibility index (Phi) is 4.45. The molecule has 21 heavy (non-hydrogen) atoms. The lowest BCUT2D eigenvalue weighted by molar-refractivity contribution is -0.385. The van der Waals surface area contributed by atoms with Crippen LogP contribution >= 0.6 is 0 Å². The van der Waals surface area contributed by atoms with Crippen molar-refractivity contribution in [2.24, 2.45) is 0 Å². The molecule has 2 aromatic rings. The van der Waals surface area contributed by atoms with E-state index in [1.54, 1.807) is 18.3 Å². The summed E-state index contributed by atoms with van der Waals surface area (Å²) in [5, 5.41) is 10.9. The molecule has 0 saturated carbocycles. The fourth-order valence-electron chi connectivity index (χ4n) is 1.77. The molecule has 0 fully saturated rings. The van der Waals surface area contributed by atoms with Crippen molar-refractivity contribution in [1.29, 1.82) is 0 Å². The summed E-state index contributed by atoms with van der Waals surface area (Å²) in [6, 6.07) is 8.61. The van der Waals surface area contributed by atoms with Crippen molar-refractivity contribution in [2.75, 3.05) is 6.61 Å². The van der Waals surface area contributed by atoms with Crippen molar-refractivity contribution in [3.05, 3.63) is 68.6 Å². The number of nitro benzene ring substituents is 1. The molecule has 2 rings (SSSR count). The number of benzene rings is 1. The molecule has 0 radical (unpaired) electrons. The van der Waals surface area contributed by atoms with Gasteiger partial charge >= 0.3 is 5.69 Å². The van der Waals surface area contributed by atoms with Gasteiger partial charge in [-0.2, -0.15) is 0 Å². The predicted octanol–water partition coefficient (Wildman–Crippen LogP) is 1.65. The maximum atomic E-state index is 11.5. The highest BCUT2D eigenvalue weighted by atomic mass is 16.6. The Bertz CT molecular complexity index is 723. The molecule has 0 amide bonds. The van der Waals surface area contributed by atoms with E-state index in [4.69, 9.17) is 4.74 Å². The number of carbonyl (C=O) groups is 1. The van der Waals surface area contributed by atoms with Crippen molar-refractivity contribution in [1.82, 2.24) is 4.57 Å². The van der Waals surface area contributed by atoms with Crippen LogP contribution in [-0.2, 0) is 6.54 Å². The molecule has 0 saturated heterocycles. The molecule has 1 aromatic carbocycles. The second kappa shape index (κ2) is 6.47. The molecular formula is C14H12N2O5. The fraction of sp³-hybridized carbons (Fsp3) is 0.143. The lowest BCUT2D eigenvalue weighted by Gasteiger charge is -2.08. The van der Waals surface area contributed by atoms with Gasteiger partial charge < -0.3 is 9.30 Å². The summed E-state index contributed by atoms with van der Waals surface area (Å²) in [6.07, 6.45) is 2.18. The number of hydrogen-bond donors (Lipinski definition) is 0. The van der Waals surface area contributed by atoms with Gasteiger partial charge in [0, 0.05) is 23.9 Å². The number of pyridine rings is 1. The molecule has 1 aromatic heterocycles. The smallest absolute Gasteiger partial charge is 0.310 e. The standard InChI is InChI=1S/C14H12N2O5/c17-10-11-4-5-12(16(19)20)13(9-11)21-8-7-15-6-2-1-3-14(15)18/h1-6,9-10H,7-8H2. The minimum Gasteiger partial charge on any atom is -0.485 e. The third-order valence-electron chi connectivity index (χ3n) is 2.81. The van der Waals surface area contributed by atoms with Crippen molar-refractivity contribution >= 4 is 12.0 Å². The summed E-state index contributed by atoms with van der Waals surface area (Å²) < 4.78 is 6.77. The third-order valence-corrected chi connectivity index (χ3v) is 2.81. The molecular weight excluding hydrogens is 276 g/mol. The quantitative estimate of drug-likeness (QED) is 0.458. The van der Waals surface area contributed by atoms with Crippen LogP contribution in [0.3, 0.4) is 0 Å². The monoisotopic (exact) mass is 288 g/mol. The first kappa shape index (κ1) is 14.4. The van der Waals surface area contributed by atoms with E-state index >= 15 is 0 Å². The van der Waals surface area contributed by atoms with Crippen LogP contribution in [0.4, 0.5) is 5.69 Å². The largest absolute Gasteiger partial charge is 0.485 e. The summed E-state index contributed by atoms with van der Waals surface area (Å²) in [7, 11) is 0. The van der Waals surface area contributed by atoms with Gasteiger partial charge in [0.25, 0.3) is 5.56 Å². The number of ether oxygens (including phenoxy) is 1. The average molecular weight is 288 g/mol. The maximum absolute atomic E-state index is 11.5. The van der Waals surface area contributed by atoms with Crippen LogP contribution < -0.4 is 10.3 Å². The topological polar surface area (TPSA) is 91.4 Å². The van der Waals surface area contributed by atoms with Crippen LogP contribution in [0.5, 0.6) is 5.75 Å². The second-order valence-electron chi connectivity index (χ2n) is 4.18. The zero-order chi connectivity index (χ0) is 15.2. The first-order valence-electron chi connectivity index (χ1n) is 6.13. The highest BCUT2D eigenvalue weighted by Gasteiger charge is 2.15. The van der Waals surface area contributed by atoms with Crippen LogP contribution in [0.2, 0.25) is 0 Å². The number of aldehydes is 1. The van der Waals surface area contributed by atoms with E-state index in [2.05, 4.69) is 0 Å². The molecule has 0 spiro atoms. The molecule has 7 heteroatoms. The lowest BCUT2D eigenvalue weighted by Crippen LogP contribution is -2.21. The fourth-order valence-corrected chi connectivity index (χ4v) is 1.77. The minimum absolute atomic E-state index is 0.00794. The van der Waals surface area contributed by atoms with E-state index in [1.165, 1.54) is 28.8 Å². The van der Waals surface area contributed by atoms with Crippen molar-refractivity contribution in [2.45, 2.75) is 6.54 Å². The van der Waals surface area contributed by atoms with E-state index in [1.807, 2.05) is 0 Å². The van der Waals surface area contributed by atoms with E-state index in [0.717, 1.165) is 0 Å². The first-order chi connectivity index (χ1) is 10.1. The van der Waals surface area contributed by atoms with Crippen LogP contribution in [0.15, 0.2) is 47.4 Å². The van der Waals surface area contributed by atoms with Gasteiger partial charge in [-0.3, -0.25) is 19.7 Å². The van der Waals surface area contributed by atoms with Gasteiger partial charge in [0.05, 0.1) is 11.5 Å². The first-order valence-corrected chi connectivity index (χ1v) is 6.13. The normalized spacial score (nSPS) is 10.1. The van der Waals surface area contributed by atoms with Gasteiger partial charge in [0.1, 0.15) is 12.9 Å². The number of carbonyl (C=O) groups excluding carboxylic acids is 1. The Morgan fingerprint density at radius 2 is 2.10 bits per heavy atom. The number of aromatic nitrogens is 1. The highest BCUT2D eigenvalue weighted by Crippen LogP contribution is 2.27. The minimum atomic E-state index is -0.585. The molecule has 0 aliphatic rings. The molecule has 0 bridgehead atoms. The van der Waals surface area contributed by atoms with Crippen LogP contribution in [0.25, 0.3) is 0 Å². The van der Waals surface area contributed by atoms with Crippen LogP contribution in [0.1, 0.15) is 10.4 Å². The number of hydrogen-bond acceptors (Lipinski definition) is 5. The second-order valence-corrected chi connectivity index (χ2v) is 4.18. The highest BCUT2D eigenvalue weighted by molar-refractivity contribution is 5.76. The van der Waals surface area contributed by atoms with Crippen molar-refractivity contribution < 1.29 is 14.5 Å². The van der Waals surface area contributed by atoms with E-state index < -0.39 is 4.92 Å². The van der Waals surface area contributed by atoms with Gasteiger partial charge in [0.2, 0.25) is 0 Å². The van der Waals surface area contributed by atoms with Gasteiger partial charge in [-0.25, -0.2) is 0 Å². The summed E-state index contributed by atoms with van der Waals surface area (Å²) in [5.74, 6) is 0.00794. The van der Waals surface area contributed by atoms with Crippen LogP contribution in [-0.4, -0.2) is 22.4 Å². The van der Waals surface area contributed by atoms with E-state index in [9.17, 15) is 19.7 Å². The summed E-state index contributed by atoms with van der Waals surface area (Å²) in [4.78, 5) is 32.5. The number of nitrogens with zero attached hydrogens (tertiary/aromatic N) is 2. The predicted molar refractivity (Wildman–Crippen MR) is 74.7 cm³/mol. The van der Waals surface area contributed by atoms with Crippen molar-refractivity contribution in [3.63, 3.8) is 0 Å². The van der Waals surface area contributed by atoms with E-state index in [-0.39, 0.29) is 35.7 Å². The van der Waals surface area contributed by atoms with Gasteiger partial charge in [-0.1, -0.05) is 6.07 Å². The molecule has 108 valence electrons. The van der Waals surface area contributed by atoms with Gasteiger partial charge in [-0.15, -0.1) is 0 Å². The lowest BCUT2D eigenvalue weighted by atomic mass is 10.2. The Balaban J connectivity index is 2.12. The number of nitro groups is 1. The Morgan fingerprint density at radius 1 is 1.29 bits per heavy atom. The zero-order valence-electron chi connectivity index (χ0n) is 11.0. The maximum Gasteiger partial charge on any atom is 0.310 e. The molecule has 0 N–H and O–H groups in total. The molecule has 0 atom stereocenters. The molecule has 0 unspecified atom stereocenters. The SMILES string of the molecule is O=Cc1ccc([N+](=O)[O-])c(OCCn2ccccc2=O)c1. The van der Waals surface area contributed by atoms with Crippen LogP contribution in [0, 0.1) is 10.1 Å². The van der Waals surface area contributed by atoms with Crippen molar-refractivity contribution in [3.8, 4) is 5.75 Å². The van der Waals surface area contributed by atoms with E-state index in [0.29, 0.717) is 6.29 Å². The average Bonchev–Trinajstić information content (AvgIpc) is 2.48. The Hall–Kier alpha value is -2.96. The summed E-state index contributed by atoms with van der Waals surface area (Å²) in [6.45, 7) is 0.329. The zero-order valence-corrected chi connectivity index (χ0v) is 11.0. The van der Waals surface area contributed by atoms with Gasteiger partial charge in [-0.05, 0) is 18.2 Å². The molecule has 7 nitrogen and oxygen atoms in total. The summed E-state index contributed by atoms with van der Waals surface area (Å²) in [5.41, 5.74) is -0.120. The molecule has 1 heterocycles. The Labute approximate surface area is 119 Å². The number of rotatable bonds is 6. The third kappa shape index (κ3) is 3.53. The molecule has 0 aliphatic carbocycles. The van der Waals surface area contributed by atoms with Gasteiger partial charge in [0.15, 0.2) is 5.75 Å². The summed E-state index contributed by atoms with van der Waals surface area (Å²) >= 11 is 0.